The Balaban J connectivity index is 2.27. The van der Waals surface area contributed by atoms with Crippen molar-refractivity contribution in [2.45, 2.75) is 45.8 Å². The third-order valence-corrected chi connectivity index (χ3v) is 5.87. The molecule has 0 N–H and O–H groups in total. The van der Waals surface area contributed by atoms with E-state index in [2.05, 4.69) is 0 Å². The van der Waals surface area contributed by atoms with Crippen LogP contribution in [0.15, 0.2) is 16.9 Å². The molecule has 23 heavy (non-hydrogen) atoms. The number of aldehydes is 1. The Labute approximate surface area is 145 Å². The van der Waals surface area contributed by atoms with Gasteiger partial charge in [-0.15, -0.1) is 11.3 Å². The lowest BCUT2D eigenvalue weighted by Gasteiger charge is -2.32. The van der Waals surface area contributed by atoms with E-state index < -0.39 is 18.3 Å². The second kappa shape index (κ2) is 6.93. The Morgan fingerprint density at radius 3 is 2.39 bits per heavy atom. The summed E-state index contributed by atoms with van der Waals surface area (Å²) in [5.74, 6) is 0.498. The van der Waals surface area contributed by atoms with Gasteiger partial charge in [0.15, 0.2) is 11.4 Å². The van der Waals surface area contributed by atoms with Crippen LogP contribution in [0, 0.1) is 0 Å². The van der Waals surface area contributed by atoms with Crippen LogP contribution in [0.25, 0.3) is 6.08 Å². The van der Waals surface area contributed by atoms with Crippen LogP contribution < -0.4 is 0 Å². The molecule has 0 aromatic carbocycles. The van der Waals surface area contributed by atoms with Crippen molar-refractivity contribution in [3.63, 3.8) is 0 Å². The molecule has 1 aromatic heterocycles. The predicted octanol–water partition coefficient (Wildman–Crippen LogP) is 3.86. The summed E-state index contributed by atoms with van der Waals surface area (Å²) in [6, 6.07) is 1.82. The molecule has 1 aromatic rings. The number of thiophene rings is 1. The highest BCUT2D eigenvalue weighted by molar-refractivity contribution is 8.13. The summed E-state index contributed by atoms with van der Waals surface area (Å²) < 4.78 is 12.2. The van der Waals surface area contributed by atoms with E-state index in [0.29, 0.717) is 10.6 Å². The largest absolute Gasteiger partial charge is 0.491 e. The van der Waals surface area contributed by atoms with Crippen LogP contribution in [0.2, 0.25) is 0 Å². The molecular formula is C16H21BO4S2. The summed E-state index contributed by atoms with van der Waals surface area (Å²) in [4.78, 5) is 22.8. The summed E-state index contributed by atoms with van der Waals surface area (Å²) in [6.07, 6.45) is 2.78. The van der Waals surface area contributed by atoms with Gasteiger partial charge in [-0.3, -0.25) is 9.59 Å². The van der Waals surface area contributed by atoms with E-state index in [1.54, 1.807) is 6.92 Å². The molecule has 1 saturated heterocycles. The first-order valence-corrected chi connectivity index (χ1v) is 9.24. The molecule has 0 atom stereocenters. The van der Waals surface area contributed by atoms with E-state index in [9.17, 15) is 9.59 Å². The first kappa shape index (κ1) is 18.5. The SMILES string of the molecule is CC(=O)SCC(=Cc1csc(C=O)c1)B1OC(C)(C)C(C)(C)O1. The lowest BCUT2D eigenvalue weighted by atomic mass is 9.78. The van der Waals surface area contributed by atoms with Gasteiger partial charge in [-0.2, -0.15) is 0 Å². The molecule has 0 radical (unpaired) electrons. The highest BCUT2D eigenvalue weighted by atomic mass is 32.2. The van der Waals surface area contributed by atoms with Crippen LogP contribution in [-0.4, -0.2) is 35.5 Å². The highest BCUT2D eigenvalue weighted by Crippen LogP contribution is 2.39. The average molecular weight is 352 g/mol. The van der Waals surface area contributed by atoms with Crippen molar-refractivity contribution in [3.05, 3.63) is 27.4 Å². The van der Waals surface area contributed by atoms with E-state index in [1.165, 1.54) is 23.1 Å². The Hall–Kier alpha value is -0.885. The Kier molecular flexibility index (Phi) is 5.56. The van der Waals surface area contributed by atoms with E-state index in [0.717, 1.165) is 17.3 Å². The quantitative estimate of drug-likeness (QED) is 0.595. The molecular weight excluding hydrogens is 331 g/mol. The Morgan fingerprint density at radius 2 is 1.91 bits per heavy atom. The molecule has 2 heterocycles. The van der Waals surface area contributed by atoms with Crippen LogP contribution in [0.5, 0.6) is 0 Å². The van der Waals surface area contributed by atoms with Gasteiger partial charge < -0.3 is 9.31 Å². The van der Waals surface area contributed by atoms with Gasteiger partial charge >= 0.3 is 7.12 Å². The van der Waals surface area contributed by atoms with Gasteiger partial charge in [0.2, 0.25) is 0 Å². The van der Waals surface area contributed by atoms with Crippen molar-refractivity contribution in [2.24, 2.45) is 0 Å². The molecule has 2 rings (SSSR count). The monoisotopic (exact) mass is 352 g/mol. The molecule has 0 saturated carbocycles. The number of thioether (sulfide) groups is 1. The molecule has 0 aliphatic carbocycles. The van der Waals surface area contributed by atoms with Gasteiger partial charge in [-0.05, 0) is 50.2 Å². The molecule has 0 unspecified atom stereocenters. The van der Waals surface area contributed by atoms with E-state index in [4.69, 9.17) is 9.31 Å². The van der Waals surface area contributed by atoms with Gasteiger partial charge in [0.25, 0.3) is 0 Å². The summed E-state index contributed by atoms with van der Waals surface area (Å²) in [6.45, 7) is 9.53. The molecule has 1 fully saturated rings. The zero-order valence-electron chi connectivity index (χ0n) is 14.0. The summed E-state index contributed by atoms with van der Waals surface area (Å²) in [7, 11) is -0.494. The van der Waals surface area contributed by atoms with Crippen molar-refractivity contribution in [3.8, 4) is 0 Å². The Bertz CT molecular complexity index is 618. The fourth-order valence-corrected chi connectivity index (χ4v) is 3.33. The van der Waals surface area contributed by atoms with Crippen LogP contribution in [0.4, 0.5) is 0 Å². The maximum absolute atomic E-state index is 11.3. The highest BCUT2D eigenvalue weighted by Gasteiger charge is 2.52. The summed E-state index contributed by atoms with van der Waals surface area (Å²) >= 11 is 2.62. The molecule has 124 valence electrons. The maximum atomic E-state index is 11.3. The zero-order valence-corrected chi connectivity index (χ0v) is 15.7. The minimum atomic E-state index is -0.494. The van der Waals surface area contributed by atoms with E-state index in [1.807, 2.05) is 45.2 Å². The summed E-state index contributed by atoms with van der Waals surface area (Å²) in [5.41, 5.74) is 0.950. The van der Waals surface area contributed by atoms with Gasteiger partial charge in [0.05, 0.1) is 16.1 Å². The molecule has 0 spiro atoms. The normalized spacial score (nSPS) is 19.9. The number of hydrogen-bond acceptors (Lipinski definition) is 6. The molecule has 7 heteroatoms. The van der Waals surface area contributed by atoms with Crippen LogP contribution in [0.3, 0.4) is 0 Å². The van der Waals surface area contributed by atoms with Crippen molar-refractivity contribution in [1.82, 2.24) is 0 Å². The van der Waals surface area contributed by atoms with Gasteiger partial charge in [-0.1, -0.05) is 17.8 Å². The molecule has 1 aliphatic heterocycles. The molecule has 1 aliphatic rings. The number of hydrogen-bond donors (Lipinski definition) is 0. The van der Waals surface area contributed by atoms with E-state index >= 15 is 0 Å². The van der Waals surface area contributed by atoms with Crippen molar-refractivity contribution < 1.29 is 18.9 Å². The Morgan fingerprint density at radius 1 is 1.30 bits per heavy atom. The third kappa shape index (κ3) is 4.35. The predicted molar refractivity (Wildman–Crippen MR) is 96.9 cm³/mol. The van der Waals surface area contributed by atoms with Gasteiger partial charge in [0.1, 0.15) is 0 Å². The van der Waals surface area contributed by atoms with Gasteiger partial charge in [0, 0.05) is 12.7 Å². The summed E-state index contributed by atoms with van der Waals surface area (Å²) in [5, 5.41) is 1.96. The molecule has 0 amide bonds. The smallest absolute Gasteiger partial charge is 0.400 e. The van der Waals surface area contributed by atoms with Crippen molar-refractivity contribution in [1.29, 1.82) is 0 Å². The van der Waals surface area contributed by atoms with Gasteiger partial charge in [-0.25, -0.2) is 0 Å². The average Bonchev–Trinajstić information content (AvgIpc) is 2.97. The number of rotatable bonds is 5. The standard InChI is InChI=1S/C16H21BO4S2/c1-11(19)22-10-13(6-12-7-14(8-18)23-9-12)17-20-15(2,3)16(4,5)21-17/h6-9H,10H2,1-5H3. The van der Waals surface area contributed by atoms with Crippen molar-refractivity contribution in [2.75, 3.05) is 5.75 Å². The number of carbonyl (C=O) groups is 2. The lowest BCUT2D eigenvalue weighted by Crippen LogP contribution is -2.41. The third-order valence-electron chi connectivity index (χ3n) is 4.11. The second-order valence-corrected chi connectivity index (χ2v) is 8.58. The van der Waals surface area contributed by atoms with Crippen LogP contribution in [-0.2, 0) is 14.1 Å². The molecule has 0 bridgehead atoms. The topological polar surface area (TPSA) is 52.6 Å². The fraction of sp³-hybridized carbons (Fsp3) is 0.500. The molecule has 4 nitrogen and oxygen atoms in total. The first-order valence-electron chi connectivity index (χ1n) is 7.38. The van der Waals surface area contributed by atoms with Crippen LogP contribution >= 0.6 is 23.1 Å². The van der Waals surface area contributed by atoms with E-state index in [-0.39, 0.29) is 5.12 Å². The zero-order chi connectivity index (χ0) is 17.3. The van der Waals surface area contributed by atoms with Crippen LogP contribution in [0.1, 0.15) is 49.9 Å². The minimum absolute atomic E-state index is 0.0475. The van der Waals surface area contributed by atoms with Crippen molar-refractivity contribution >= 4 is 47.7 Å². The first-order chi connectivity index (χ1) is 10.6. The second-order valence-electron chi connectivity index (χ2n) is 6.49. The number of carbonyl (C=O) groups excluding carboxylic acids is 2. The lowest BCUT2D eigenvalue weighted by molar-refractivity contribution is -0.109. The minimum Gasteiger partial charge on any atom is -0.400 e. The maximum Gasteiger partial charge on any atom is 0.491 e. The fourth-order valence-electron chi connectivity index (χ4n) is 2.08.